The second kappa shape index (κ2) is 6.10. The molecule has 1 aliphatic rings. The third-order valence-corrected chi connectivity index (χ3v) is 2.42. The van der Waals surface area contributed by atoms with E-state index in [9.17, 15) is 0 Å². The molecule has 0 unspecified atom stereocenters. The summed E-state index contributed by atoms with van der Waals surface area (Å²) in [5, 5.41) is 3.46. The molecular formula is C11H21N. The van der Waals surface area contributed by atoms with Gasteiger partial charge in [-0.3, -0.25) is 0 Å². The first-order valence-electron chi connectivity index (χ1n) is 5.36. The second-order valence-corrected chi connectivity index (χ2v) is 3.61. The second-order valence-electron chi connectivity index (χ2n) is 3.61. The van der Waals surface area contributed by atoms with Gasteiger partial charge in [-0.15, -0.1) is 0 Å². The molecule has 12 heavy (non-hydrogen) atoms. The van der Waals surface area contributed by atoms with Crippen LogP contribution in [0.1, 0.15) is 51.9 Å². The fraction of sp³-hybridized carbons (Fsp3) is 0.818. The van der Waals surface area contributed by atoms with Gasteiger partial charge in [0.1, 0.15) is 0 Å². The fourth-order valence-corrected chi connectivity index (χ4v) is 1.62. The van der Waals surface area contributed by atoms with Crippen LogP contribution in [0, 0.1) is 0 Å². The number of unbranched alkanes of at least 4 members (excludes halogenated alkanes) is 3. The Hall–Kier alpha value is -0.460. The molecule has 0 aromatic rings. The van der Waals surface area contributed by atoms with Gasteiger partial charge in [-0.25, -0.2) is 0 Å². The normalized spacial score (nSPS) is 20.9. The minimum absolute atomic E-state index is 1.19. The molecule has 70 valence electrons. The summed E-state index contributed by atoms with van der Waals surface area (Å²) in [6, 6.07) is 0. The molecule has 0 saturated carbocycles. The third kappa shape index (κ3) is 3.80. The molecule has 0 bridgehead atoms. The SMILES string of the molecule is CCCCCC=C1CCCCN1. The van der Waals surface area contributed by atoms with Crippen molar-refractivity contribution in [3.05, 3.63) is 11.8 Å². The van der Waals surface area contributed by atoms with E-state index in [1.165, 1.54) is 57.2 Å². The van der Waals surface area contributed by atoms with Crippen LogP contribution in [-0.2, 0) is 0 Å². The van der Waals surface area contributed by atoms with Gasteiger partial charge in [-0.05, 0) is 32.1 Å². The molecule has 1 aliphatic heterocycles. The van der Waals surface area contributed by atoms with Crippen LogP contribution >= 0.6 is 0 Å². The van der Waals surface area contributed by atoms with E-state index in [4.69, 9.17) is 0 Å². The van der Waals surface area contributed by atoms with Crippen LogP contribution in [0.3, 0.4) is 0 Å². The first-order valence-corrected chi connectivity index (χ1v) is 5.36. The Morgan fingerprint density at radius 1 is 1.33 bits per heavy atom. The van der Waals surface area contributed by atoms with Gasteiger partial charge in [0.2, 0.25) is 0 Å². The molecule has 1 saturated heterocycles. The average molecular weight is 167 g/mol. The van der Waals surface area contributed by atoms with Gasteiger partial charge in [0, 0.05) is 12.2 Å². The fourth-order valence-electron chi connectivity index (χ4n) is 1.62. The standard InChI is InChI=1S/C11H21N/c1-2-3-4-5-8-11-9-6-7-10-12-11/h8,12H,2-7,9-10H2,1H3. The van der Waals surface area contributed by atoms with Gasteiger partial charge in [0.25, 0.3) is 0 Å². The lowest BCUT2D eigenvalue weighted by Gasteiger charge is -2.16. The Balaban J connectivity index is 2.08. The zero-order chi connectivity index (χ0) is 8.65. The number of allylic oxidation sites excluding steroid dienone is 2. The zero-order valence-corrected chi connectivity index (χ0v) is 8.23. The molecule has 1 heteroatoms. The van der Waals surface area contributed by atoms with Crippen molar-refractivity contribution in [3.8, 4) is 0 Å². The van der Waals surface area contributed by atoms with E-state index in [1.807, 2.05) is 0 Å². The lowest BCUT2D eigenvalue weighted by molar-refractivity contribution is 0.582. The van der Waals surface area contributed by atoms with E-state index in [2.05, 4.69) is 18.3 Å². The van der Waals surface area contributed by atoms with Crippen LogP contribution in [0.2, 0.25) is 0 Å². The molecule has 0 aromatic heterocycles. The number of hydrogen-bond acceptors (Lipinski definition) is 1. The highest BCUT2D eigenvalue weighted by Gasteiger charge is 2.01. The first kappa shape index (κ1) is 9.63. The largest absolute Gasteiger partial charge is 0.389 e. The minimum atomic E-state index is 1.19. The third-order valence-electron chi connectivity index (χ3n) is 2.42. The maximum absolute atomic E-state index is 3.46. The van der Waals surface area contributed by atoms with Crippen LogP contribution in [0.25, 0.3) is 0 Å². The minimum Gasteiger partial charge on any atom is -0.389 e. The molecular weight excluding hydrogens is 146 g/mol. The summed E-state index contributed by atoms with van der Waals surface area (Å²) in [6.07, 6.45) is 11.8. The lowest BCUT2D eigenvalue weighted by Crippen LogP contribution is -2.19. The molecule has 0 atom stereocenters. The van der Waals surface area contributed by atoms with Gasteiger partial charge in [-0.2, -0.15) is 0 Å². The Labute approximate surface area is 76.2 Å². The van der Waals surface area contributed by atoms with Crippen LogP contribution in [0.4, 0.5) is 0 Å². The molecule has 0 spiro atoms. The van der Waals surface area contributed by atoms with Gasteiger partial charge in [0.15, 0.2) is 0 Å². The van der Waals surface area contributed by atoms with Gasteiger partial charge < -0.3 is 5.32 Å². The lowest BCUT2D eigenvalue weighted by atomic mass is 10.1. The Morgan fingerprint density at radius 3 is 2.92 bits per heavy atom. The summed E-state index contributed by atoms with van der Waals surface area (Å²) in [5.74, 6) is 0. The number of hydrogen-bond donors (Lipinski definition) is 1. The number of nitrogens with one attached hydrogen (secondary N) is 1. The van der Waals surface area contributed by atoms with E-state index < -0.39 is 0 Å². The van der Waals surface area contributed by atoms with Crippen molar-refractivity contribution in [1.82, 2.24) is 5.32 Å². The summed E-state index contributed by atoms with van der Waals surface area (Å²) in [6.45, 7) is 3.45. The Bertz CT molecular complexity index is 130. The number of piperidine rings is 1. The molecule has 1 heterocycles. The van der Waals surface area contributed by atoms with E-state index in [0.717, 1.165) is 0 Å². The first-order chi connectivity index (χ1) is 5.93. The van der Waals surface area contributed by atoms with Crippen molar-refractivity contribution in [2.45, 2.75) is 51.9 Å². The molecule has 1 fully saturated rings. The summed E-state index contributed by atoms with van der Waals surface area (Å²) >= 11 is 0. The van der Waals surface area contributed by atoms with Crippen LogP contribution in [0.5, 0.6) is 0 Å². The molecule has 0 amide bonds. The highest BCUT2D eigenvalue weighted by molar-refractivity contribution is 5.01. The number of rotatable bonds is 4. The molecule has 0 aromatic carbocycles. The quantitative estimate of drug-likeness (QED) is 0.634. The topological polar surface area (TPSA) is 12.0 Å². The van der Waals surface area contributed by atoms with Crippen LogP contribution < -0.4 is 5.32 Å². The Morgan fingerprint density at radius 2 is 2.25 bits per heavy atom. The highest BCUT2D eigenvalue weighted by atomic mass is 14.9. The summed E-state index contributed by atoms with van der Waals surface area (Å²) in [5.41, 5.74) is 1.50. The predicted molar refractivity (Wildman–Crippen MR) is 54.1 cm³/mol. The van der Waals surface area contributed by atoms with E-state index in [-0.39, 0.29) is 0 Å². The Kier molecular flexibility index (Phi) is 4.89. The van der Waals surface area contributed by atoms with Crippen molar-refractivity contribution in [1.29, 1.82) is 0 Å². The summed E-state index contributed by atoms with van der Waals surface area (Å²) in [7, 11) is 0. The monoisotopic (exact) mass is 167 g/mol. The van der Waals surface area contributed by atoms with Crippen LogP contribution in [0.15, 0.2) is 11.8 Å². The van der Waals surface area contributed by atoms with Crippen molar-refractivity contribution in [3.63, 3.8) is 0 Å². The average Bonchev–Trinajstić information content (AvgIpc) is 2.14. The molecule has 1 rings (SSSR count). The van der Waals surface area contributed by atoms with E-state index in [0.29, 0.717) is 0 Å². The maximum atomic E-state index is 3.46. The van der Waals surface area contributed by atoms with Crippen LogP contribution in [-0.4, -0.2) is 6.54 Å². The molecule has 1 nitrogen and oxygen atoms in total. The van der Waals surface area contributed by atoms with Gasteiger partial charge in [0.05, 0.1) is 0 Å². The van der Waals surface area contributed by atoms with Crippen molar-refractivity contribution in [2.75, 3.05) is 6.54 Å². The maximum Gasteiger partial charge on any atom is 0.0143 e. The van der Waals surface area contributed by atoms with E-state index in [1.54, 1.807) is 0 Å². The zero-order valence-electron chi connectivity index (χ0n) is 8.23. The highest BCUT2D eigenvalue weighted by Crippen LogP contribution is 2.11. The van der Waals surface area contributed by atoms with Crippen molar-refractivity contribution in [2.24, 2.45) is 0 Å². The van der Waals surface area contributed by atoms with Gasteiger partial charge >= 0.3 is 0 Å². The van der Waals surface area contributed by atoms with Crippen molar-refractivity contribution < 1.29 is 0 Å². The van der Waals surface area contributed by atoms with Gasteiger partial charge in [-0.1, -0.05) is 25.8 Å². The molecule has 0 radical (unpaired) electrons. The van der Waals surface area contributed by atoms with Crippen molar-refractivity contribution >= 4 is 0 Å². The molecule has 1 N–H and O–H groups in total. The van der Waals surface area contributed by atoms with E-state index >= 15 is 0 Å². The smallest absolute Gasteiger partial charge is 0.0143 e. The summed E-state index contributed by atoms with van der Waals surface area (Å²) < 4.78 is 0. The molecule has 0 aliphatic carbocycles. The predicted octanol–water partition coefficient (Wildman–Crippen LogP) is 3.22. The summed E-state index contributed by atoms with van der Waals surface area (Å²) in [4.78, 5) is 0.